The molecule has 3 nitrogen and oxygen atoms in total. The van der Waals surface area contributed by atoms with Gasteiger partial charge in [-0.15, -0.1) is 0 Å². The molecule has 1 aliphatic heterocycles. The monoisotopic (exact) mass is 441 g/mol. The van der Waals surface area contributed by atoms with Crippen LogP contribution in [0, 0.1) is 18.8 Å². The van der Waals surface area contributed by atoms with Crippen molar-refractivity contribution in [2.45, 2.75) is 69.9 Å². The number of aryl methyl sites for hydroxylation is 1. The summed E-state index contributed by atoms with van der Waals surface area (Å²) in [6, 6.07) is 19.8. The molecule has 2 saturated carbocycles. The maximum Gasteiger partial charge on any atom is 0.0486 e. The van der Waals surface area contributed by atoms with Crippen molar-refractivity contribution < 1.29 is 0 Å². The first-order valence-corrected chi connectivity index (χ1v) is 13.4. The molecular formula is C30H39N3. The Labute approximate surface area is 199 Å². The number of aromatic nitrogens is 1. The van der Waals surface area contributed by atoms with Crippen molar-refractivity contribution in [1.82, 2.24) is 15.2 Å². The quantitative estimate of drug-likeness (QED) is 0.459. The summed E-state index contributed by atoms with van der Waals surface area (Å²) in [7, 11) is 0. The molecule has 2 bridgehead atoms. The number of piperidine rings is 1. The lowest BCUT2D eigenvalue weighted by Gasteiger charge is -2.26. The van der Waals surface area contributed by atoms with Crippen LogP contribution in [0.4, 0.5) is 0 Å². The van der Waals surface area contributed by atoms with Crippen molar-refractivity contribution >= 4 is 10.9 Å². The van der Waals surface area contributed by atoms with Crippen LogP contribution in [0.1, 0.15) is 73.6 Å². The van der Waals surface area contributed by atoms with Crippen molar-refractivity contribution in [3.05, 3.63) is 71.4 Å². The number of nitrogens with one attached hydrogen (secondary N) is 2. The van der Waals surface area contributed by atoms with Gasteiger partial charge in [0.25, 0.3) is 0 Å². The van der Waals surface area contributed by atoms with Gasteiger partial charge in [0.05, 0.1) is 0 Å². The van der Waals surface area contributed by atoms with Crippen LogP contribution in [-0.2, 0) is 0 Å². The zero-order valence-corrected chi connectivity index (χ0v) is 20.1. The van der Waals surface area contributed by atoms with Crippen LogP contribution in [0.25, 0.3) is 10.9 Å². The molecule has 3 fully saturated rings. The minimum atomic E-state index is 0.434. The highest BCUT2D eigenvalue weighted by Crippen LogP contribution is 2.52. The number of rotatable bonds is 7. The normalized spacial score (nSPS) is 26.3. The van der Waals surface area contributed by atoms with E-state index in [1.54, 1.807) is 0 Å². The Balaban J connectivity index is 1.34. The van der Waals surface area contributed by atoms with Crippen LogP contribution in [0.15, 0.2) is 54.7 Å². The molecule has 6 rings (SSSR count). The average Bonchev–Trinajstić information content (AvgIpc) is 3.57. The second kappa shape index (κ2) is 9.27. The number of hydrogen-bond acceptors (Lipinski definition) is 2. The molecule has 0 spiro atoms. The average molecular weight is 442 g/mol. The Hall–Kier alpha value is -2.10. The fourth-order valence-corrected chi connectivity index (χ4v) is 7.18. The van der Waals surface area contributed by atoms with Crippen LogP contribution < -0.4 is 10.6 Å². The maximum absolute atomic E-state index is 3.89. The fourth-order valence-electron chi connectivity index (χ4n) is 7.18. The maximum atomic E-state index is 3.89. The van der Waals surface area contributed by atoms with Gasteiger partial charge in [-0.05, 0) is 94.1 Å². The van der Waals surface area contributed by atoms with E-state index in [0.717, 1.165) is 37.9 Å². The van der Waals surface area contributed by atoms with E-state index in [1.807, 2.05) is 0 Å². The van der Waals surface area contributed by atoms with Crippen molar-refractivity contribution in [1.29, 1.82) is 0 Å². The van der Waals surface area contributed by atoms with Crippen LogP contribution in [0.3, 0.4) is 0 Å². The van der Waals surface area contributed by atoms with E-state index < -0.39 is 0 Å². The molecule has 174 valence electrons. The lowest BCUT2D eigenvalue weighted by atomic mass is 9.87. The SMILES string of the molecule is Cc1cccc(C(CCNC2CCNCC2)c2cn(C3CC4CCC3C4)c3ccccc23)c1. The van der Waals surface area contributed by atoms with Crippen LogP contribution in [0.5, 0.6) is 0 Å². The van der Waals surface area contributed by atoms with Crippen molar-refractivity contribution in [2.75, 3.05) is 19.6 Å². The summed E-state index contributed by atoms with van der Waals surface area (Å²) in [5.41, 5.74) is 5.82. The molecule has 2 N–H and O–H groups in total. The second-order valence-electron chi connectivity index (χ2n) is 11.0. The standard InChI is InChI=1S/C30H39N3/c1-21-5-4-6-23(17-21)26(13-16-32-25-11-14-31-15-12-25)28-20-33(29-8-3-2-7-27(28)29)30-19-22-9-10-24(30)18-22/h2-8,17,20,22,24-26,30-32H,9-16,18-19H2,1H3. The van der Waals surface area contributed by atoms with E-state index in [4.69, 9.17) is 0 Å². The fraction of sp³-hybridized carbons (Fsp3) is 0.533. The molecule has 0 radical (unpaired) electrons. The molecule has 1 saturated heterocycles. The second-order valence-corrected chi connectivity index (χ2v) is 11.0. The molecule has 3 aliphatic rings. The van der Waals surface area contributed by atoms with E-state index in [0.29, 0.717) is 18.0 Å². The third kappa shape index (κ3) is 4.26. The molecule has 3 aromatic rings. The summed E-state index contributed by atoms with van der Waals surface area (Å²) in [6.07, 6.45) is 11.9. The lowest BCUT2D eigenvalue weighted by Crippen LogP contribution is -2.40. The van der Waals surface area contributed by atoms with Gasteiger partial charge >= 0.3 is 0 Å². The topological polar surface area (TPSA) is 29.0 Å². The first-order chi connectivity index (χ1) is 16.3. The first kappa shape index (κ1) is 21.4. The van der Waals surface area contributed by atoms with E-state index in [-0.39, 0.29) is 0 Å². The van der Waals surface area contributed by atoms with Crippen LogP contribution in [0.2, 0.25) is 0 Å². The minimum Gasteiger partial charge on any atom is -0.344 e. The van der Waals surface area contributed by atoms with E-state index in [2.05, 4.69) is 76.9 Å². The molecule has 2 aromatic carbocycles. The summed E-state index contributed by atoms with van der Waals surface area (Å²) in [5.74, 6) is 2.29. The molecule has 2 aliphatic carbocycles. The molecule has 33 heavy (non-hydrogen) atoms. The Morgan fingerprint density at radius 1 is 1.00 bits per heavy atom. The van der Waals surface area contributed by atoms with Gasteiger partial charge in [-0.25, -0.2) is 0 Å². The number of hydrogen-bond donors (Lipinski definition) is 2. The van der Waals surface area contributed by atoms with Gasteiger partial charge in [0.1, 0.15) is 0 Å². The summed E-state index contributed by atoms with van der Waals surface area (Å²) in [4.78, 5) is 0. The van der Waals surface area contributed by atoms with Gasteiger partial charge in [-0.3, -0.25) is 0 Å². The van der Waals surface area contributed by atoms with Crippen molar-refractivity contribution in [2.24, 2.45) is 11.8 Å². The zero-order chi connectivity index (χ0) is 22.2. The van der Waals surface area contributed by atoms with E-state index in [9.17, 15) is 0 Å². The van der Waals surface area contributed by atoms with Gasteiger partial charge < -0.3 is 15.2 Å². The Bertz CT molecular complexity index is 1090. The molecule has 0 amide bonds. The van der Waals surface area contributed by atoms with Gasteiger partial charge in [0.2, 0.25) is 0 Å². The summed E-state index contributed by atoms with van der Waals surface area (Å²) >= 11 is 0. The van der Waals surface area contributed by atoms with E-state index >= 15 is 0 Å². The van der Waals surface area contributed by atoms with Crippen LogP contribution >= 0.6 is 0 Å². The van der Waals surface area contributed by atoms with Crippen molar-refractivity contribution in [3.63, 3.8) is 0 Å². The third-order valence-electron chi connectivity index (χ3n) is 8.85. The first-order valence-electron chi connectivity index (χ1n) is 13.4. The van der Waals surface area contributed by atoms with Crippen molar-refractivity contribution in [3.8, 4) is 0 Å². The highest BCUT2D eigenvalue weighted by molar-refractivity contribution is 5.85. The highest BCUT2D eigenvalue weighted by atomic mass is 15.0. The molecule has 4 atom stereocenters. The van der Waals surface area contributed by atoms with Gasteiger partial charge in [0, 0.05) is 35.1 Å². The molecule has 1 aromatic heterocycles. The van der Waals surface area contributed by atoms with Gasteiger partial charge in [-0.1, -0.05) is 54.4 Å². The smallest absolute Gasteiger partial charge is 0.0486 e. The number of fused-ring (bicyclic) bond motifs is 3. The largest absolute Gasteiger partial charge is 0.344 e. The number of benzene rings is 2. The molecule has 2 heterocycles. The molecule has 4 unspecified atom stereocenters. The lowest BCUT2D eigenvalue weighted by molar-refractivity contribution is 0.336. The van der Waals surface area contributed by atoms with Gasteiger partial charge in [-0.2, -0.15) is 0 Å². The number of nitrogens with zero attached hydrogens (tertiary/aromatic N) is 1. The predicted molar refractivity (Wildman–Crippen MR) is 138 cm³/mol. The highest BCUT2D eigenvalue weighted by Gasteiger charge is 2.41. The summed E-state index contributed by atoms with van der Waals surface area (Å²) in [5, 5.41) is 8.85. The number of para-hydroxylation sites is 1. The minimum absolute atomic E-state index is 0.434. The molecular weight excluding hydrogens is 402 g/mol. The third-order valence-corrected chi connectivity index (χ3v) is 8.85. The summed E-state index contributed by atoms with van der Waals surface area (Å²) < 4.78 is 2.69. The van der Waals surface area contributed by atoms with Crippen LogP contribution in [-0.4, -0.2) is 30.2 Å². The Kier molecular flexibility index (Phi) is 6.02. The summed E-state index contributed by atoms with van der Waals surface area (Å²) in [6.45, 7) is 5.61. The van der Waals surface area contributed by atoms with Gasteiger partial charge in [0.15, 0.2) is 0 Å². The van der Waals surface area contributed by atoms with E-state index in [1.165, 1.54) is 66.1 Å². The Morgan fingerprint density at radius 3 is 2.67 bits per heavy atom. The molecule has 3 heteroatoms. The Morgan fingerprint density at radius 2 is 1.88 bits per heavy atom. The zero-order valence-electron chi connectivity index (χ0n) is 20.1. The predicted octanol–water partition coefficient (Wildman–Crippen LogP) is 6.17.